The van der Waals surface area contributed by atoms with Crippen LogP contribution in [0.1, 0.15) is 20.3 Å². The number of rotatable bonds is 5. The molecule has 0 saturated carbocycles. The van der Waals surface area contributed by atoms with E-state index in [2.05, 4.69) is 4.98 Å². The molecular formula is C15H20N2O3S. The summed E-state index contributed by atoms with van der Waals surface area (Å²) in [5.41, 5.74) is 0.116. The van der Waals surface area contributed by atoms with E-state index in [9.17, 15) is 13.5 Å². The molecule has 0 aliphatic rings. The standard InChI is InChI=1S/C15H20N2O3S/c1-15(2,18)8-10-17-11-9-16-14(17)12-4-6-13(7-5-12)21(3,19)20/h4-7,9,11,18H,8,10H2,1-3H3. The summed E-state index contributed by atoms with van der Waals surface area (Å²) < 4.78 is 24.9. The number of nitrogens with zero attached hydrogens (tertiary/aromatic N) is 2. The fourth-order valence-electron chi connectivity index (χ4n) is 2.00. The average molecular weight is 308 g/mol. The highest BCUT2D eigenvalue weighted by Crippen LogP contribution is 2.21. The Balaban J connectivity index is 2.25. The van der Waals surface area contributed by atoms with E-state index in [1.165, 1.54) is 6.26 Å². The van der Waals surface area contributed by atoms with Crippen LogP contribution >= 0.6 is 0 Å². The van der Waals surface area contributed by atoms with Crippen molar-refractivity contribution in [2.45, 2.75) is 37.3 Å². The van der Waals surface area contributed by atoms with Crippen molar-refractivity contribution in [3.63, 3.8) is 0 Å². The van der Waals surface area contributed by atoms with E-state index < -0.39 is 15.4 Å². The van der Waals surface area contributed by atoms with Gasteiger partial charge in [-0.15, -0.1) is 0 Å². The van der Waals surface area contributed by atoms with E-state index >= 15 is 0 Å². The highest BCUT2D eigenvalue weighted by molar-refractivity contribution is 7.90. The van der Waals surface area contributed by atoms with Crippen molar-refractivity contribution in [3.05, 3.63) is 36.7 Å². The van der Waals surface area contributed by atoms with Gasteiger partial charge in [0.15, 0.2) is 9.84 Å². The summed E-state index contributed by atoms with van der Waals surface area (Å²) in [6.07, 6.45) is 5.35. The second-order valence-electron chi connectivity index (χ2n) is 5.80. The van der Waals surface area contributed by atoms with Gasteiger partial charge in [0.05, 0.1) is 10.5 Å². The molecular weight excluding hydrogens is 288 g/mol. The van der Waals surface area contributed by atoms with E-state index in [0.717, 1.165) is 11.4 Å². The van der Waals surface area contributed by atoms with Gasteiger partial charge in [-0.2, -0.15) is 0 Å². The Hall–Kier alpha value is -1.66. The van der Waals surface area contributed by atoms with Crippen LogP contribution in [0.15, 0.2) is 41.6 Å². The zero-order chi connectivity index (χ0) is 15.7. The molecule has 0 unspecified atom stereocenters. The lowest BCUT2D eigenvalue weighted by molar-refractivity contribution is 0.0663. The maximum atomic E-state index is 11.5. The zero-order valence-corrected chi connectivity index (χ0v) is 13.3. The molecule has 1 N–H and O–H groups in total. The lowest BCUT2D eigenvalue weighted by Gasteiger charge is -2.18. The Labute approximate surface area is 125 Å². The average Bonchev–Trinajstić information content (AvgIpc) is 2.83. The Morgan fingerprint density at radius 1 is 1.24 bits per heavy atom. The van der Waals surface area contributed by atoms with Gasteiger partial charge in [-0.1, -0.05) is 0 Å². The molecule has 0 amide bonds. The van der Waals surface area contributed by atoms with E-state index in [4.69, 9.17) is 0 Å². The van der Waals surface area contributed by atoms with Crippen LogP contribution in [-0.4, -0.2) is 34.9 Å². The first kappa shape index (κ1) is 15.7. The molecule has 1 heterocycles. The van der Waals surface area contributed by atoms with Crippen molar-refractivity contribution in [3.8, 4) is 11.4 Å². The van der Waals surface area contributed by atoms with E-state index in [1.807, 2.05) is 10.8 Å². The van der Waals surface area contributed by atoms with Gasteiger partial charge < -0.3 is 9.67 Å². The molecule has 21 heavy (non-hydrogen) atoms. The second kappa shape index (κ2) is 5.61. The van der Waals surface area contributed by atoms with Crippen LogP contribution in [0.4, 0.5) is 0 Å². The Morgan fingerprint density at radius 2 is 1.86 bits per heavy atom. The summed E-state index contributed by atoms with van der Waals surface area (Å²) in [7, 11) is -3.19. The van der Waals surface area contributed by atoms with Crippen molar-refractivity contribution in [1.29, 1.82) is 0 Å². The third-order valence-electron chi connectivity index (χ3n) is 3.22. The topological polar surface area (TPSA) is 72.2 Å². The van der Waals surface area contributed by atoms with Crippen LogP contribution in [-0.2, 0) is 16.4 Å². The number of imidazole rings is 1. The number of aryl methyl sites for hydroxylation is 1. The quantitative estimate of drug-likeness (QED) is 0.918. The highest BCUT2D eigenvalue weighted by Gasteiger charge is 2.14. The van der Waals surface area contributed by atoms with E-state index in [1.54, 1.807) is 44.3 Å². The molecule has 1 aromatic carbocycles. The number of sulfone groups is 1. The maximum absolute atomic E-state index is 11.5. The van der Waals surface area contributed by atoms with Crippen LogP contribution < -0.4 is 0 Å². The largest absolute Gasteiger partial charge is 0.390 e. The molecule has 0 atom stereocenters. The number of aromatic nitrogens is 2. The van der Waals surface area contributed by atoms with Crippen LogP contribution in [0, 0.1) is 0 Å². The minimum atomic E-state index is -3.19. The molecule has 6 heteroatoms. The zero-order valence-electron chi connectivity index (χ0n) is 12.4. The molecule has 1 aromatic heterocycles. The monoisotopic (exact) mass is 308 g/mol. The summed E-state index contributed by atoms with van der Waals surface area (Å²) in [4.78, 5) is 4.60. The molecule has 0 aliphatic heterocycles. The van der Waals surface area contributed by atoms with Gasteiger partial charge in [0.1, 0.15) is 5.82 Å². The lowest BCUT2D eigenvalue weighted by Crippen LogP contribution is -2.21. The maximum Gasteiger partial charge on any atom is 0.175 e. The van der Waals surface area contributed by atoms with Crippen LogP contribution in [0.2, 0.25) is 0 Å². The first-order valence-electron chi connectivity index (χ1n) is 6.71. The predicted octanol–water partition coefficient (Wildman–Crippen LogP) is 2.11. The molecule has 0 aliphatic carbocycles. The smallest absolute Gasteiger partial charge is 0.175 e. The minimum absolute atomic E-state index is 0.292. The van der Waals surface area contributed by atoms with Gasteiger partial charge in [-0.3, -0.25) is 0 Å². The van der Waals surface area contributed by atoms with Crippen LogP contribution in [0.3, 0.4) is 0 Å². The van der Waals surface area contributed by atoms with E-state index in [0.29, 0.717) is 17.9 Å². The Morgan fingerprint density at radius 3 is 2.38 bits per heavy atom. The molecule has 5 nitrogen and oxygen atoms in total. The molecule has 2 rings (SSSR count). The van der Waals surface area contributed by atoms with Crippen LogP contribution in [0.5, 0.6) is 0 Å². The van der Waals surface area contributed by atoms with Crippen molar-refractivity contribution in [2.24, 2.45) is 0 Å². The SMILES string of the molecule is CC(C)(O)CCn1ccnc1-c1ccc(S(C)(=O)=O)cc1. The van der Waals surface area contributed by atoms with Crippen molar-refractivity contribution in [1.82, 2.24) is 9.55 Å². The number of benzene rings is 1. The van der Waals surface area contributed by atoms with E-state index in [-0.39, 0.29) is 0 Å². The first-order chi connectivity index (χ1) is 9.67. The number of aliphatic hydroxyl groups is 1. The summed E-state index contributed by atoms with van der Waals surface area (Å²) >= 11 is 0. The van der Waals surface area contributed by atoms with Crippen molar-refractivity contribution in [2.75, 3.05) is 6.26 Å². The van der Waals surface area contributed by atoms with Gasteiger partial charge in [-0.05, 0) is 44.5 Å². The molecule has 0 radical (unpaired) electrons. The third-order valence-corrected chi connectivity index (χ3v) is 4.35. The summed E-state index contributed by atoms with van der Waals surface area (Å²) in [5.74, 6) is 0.763. The highest BCUT2D eigenvalue weighted by atomic mass is 32.2. The minimum Gasteiger partial charge on any atom is -0.390 e. The van der Waals surface area contributed by atoms with Crippen molar-refractivity contribution < 1.29 is 13.5 Å². The van der Waals surface area contributed by atoms with Gasteiger partial charge in [-0.25, -0.2) is 13.4 Å². The lowest BCUT2D eigenvalue weighted by atomic mass is 10.1. The van der Waals surface area contributed by atoms with Gasteiger partial charge in [0.2, 0.25) is 0 Å². The van der Waals surface area contributed by atoms with Crippen molar-refractivity contribution >= 4 is 9.84 Å². The number of hydrogen-bond donors (Lipinski definition) is 1. The Kier molecular flexibility index (Phi) is 4.20. The molecule has 114 valence electrons. The summed E-state index contributed by atoms with van der Waals surface area (Å²) in [6, 6.07) is 6.66. The Bertz CT molecular complexity index is 710. The normalized spacial score (nSPS) is 12.6. The molecule has 0 fully saturated rings. The fraction of sp³-hybridized carbons (Fsp3) is 0.400. The van der Waals surface area contributed by atoms with Gasteiger partial charge in [0, 0.05) is 30.8 Å². The molecule has 0 bridgehead atoms. The predicted molar refractivity (Wildman–Crippen MR) is 81.7 cm³/mol. The fourth-order valence-corrected chi connectivity index (χ4v) is 2.63. The first-order valence-corrected chi connectivity index (χ1v) is 8.60. The third kappa shape index (κ3) is 4.15. The van der Waals surface area contributed by atoms with Gasteiger partial charge in [0.25, 0.3) is 0 Å². The molecule has 0 spiro atoms. The summed E-state index contributed by atoms with van der Waals surface area (Å²) in [6.45, 7) is 4.18. The number of hydrogen-bond acceptors (Lipinski definition) is 4. The van der Waals surface area contributed by atoms with Crippen LogP contribution in [0.25, 0.3) is 11.4 Å². The molecule has 0 saturated heterocycles. The molecule has 2 aromatic rings. The second-order valence-corrected chi connectivity index (χ2v) is 7.82. The summed E-state index contributed by atoms with van der Waals surface area (Å²) in [5, 5.41) is 9.80. The van der Waals surface area contributed by atoms with Gasteiger partial charge >= 0.3 is 0 Å².